The van der Waals surface area contributed by atoms with E-state index in [1.807, 2.05) is 18.2 Å². The van der Waals surface area contributed by atoms with Crippen LogP contribution in [0, 0.1) is 0 Å². The molecule has 1 heterocycles. The number of aromatic nitrogens is 1. The van der Waals surface area contributed by atoms with Crippen molar-refractivity contribution in [3.8, 4) is 5.75 Å². The van der Waals surface area contributed by atoms with Crippen LogP contribution in [0.15, 0.2) is 30.5 Å². The number of aryl methyl sites for hydroxylation is 1. The maximum Gasteiger partial charge on any atom is 0.389 e. The summed E-state index contributed by atoms with van der Waals surface area (Å²) in [5.41, 5.74) is 0.652. The molecule has 0 bridgehead atoms. The number of rotatable bonds is 4. The molecule has 0 fully saturated rings. The number of hydrogen-bond acceptors (Lipinski definition) is 2. The van der Waals surface area contributed by atoms with Crippen molar-refractivity contribution in [1.29, 1.82) is 0 Å². The second-order valence-corrected chi connectivity index (χ2v) is 4.28. The van der Waals surface area contributed by atoms with E-state index in [0.717, 1.165) is 10.8 Å². The highest BCUT2D eigenvalue weighted by Gasteiger charge is 2.26. The van der Waals surface area contributed by atoms with Crippen LogP contribution < -0.4 is 4.74 Å². The number of pyridine rings is 1. The number of nitrogens with zero attached hydrogens (tertiary/aromatic N) is 1. The minimum Gasteiger partial charge on any atom is -0.496 e. The van der Waals surface area contributed by atoms with Gasteiger partial charge in [-0.3, -0.25) is 4.98 Å². The lowest BCUT2D eigenvalue weighted by Gasteiger charge is -2.10. The number of methoxy groups -OCH3 is 1. The zero-order valence-electron chi connectivity index (χ0n) is 10.5. The molecular formula is C14H14F3NO. The molecule has 2 nitrogen and oxygen atoms in total. The van der Waals surface area contributed by atoms with E-state index in [0.29, 0.717) is 11.4 Å². The van der Waals surface area contributed by atoms with Crippen molar-refractivity contribution in [2.75, 3.05) is 7.11 Å². The average Bonchev–Trinajstić information content (AvgIpc) is 2.36. The van der Waals surface area contributed by atoms with Crippen molar-refractivity contribution in [1.82, 2.24) is 4.98 Å². The van der Waals surface area contributed by atoms with Crippen LogP contribution in [0.4, 0.5) is 13.2 Å². The summed E-state index contributed by atoms with van der Waals surface area (Å²) in [5.74, 6) is 0.646. The monoisotopic (exact) mass is 269 g/mol. The minimum atomic E-state index is -4.12. The molecule has 0 aliphatic rings. The molecule has 0 saturated heterocycles. The Morgan fingerprint density at radius 1 is 1.21 bits per heavy atom. The molecule has 0 spiro atoms. The van der Waals surface area contributed by atoms with Gasteiger partial charge in [0, 0.05) is 18.0 Å². The summed E-state index contributed by atoms with van der Waals surface area (Å²) in [4.78, 5) is 4.19. The van der Waals surface area contributed by atoms with Crippen molar-refractivity contribution >= 4 is 10.8 Å². The quantitative estimate of drug-likeness (QED) is 0.832. The molecule has 5 heteroatoms. The van der Waals surface area contributed by atoms with Gasteiger partial charge in [-0.2, -0.15) is 13.2 Å². The highest BCUT2D eigenvalue weighted by molar-refractivity contribution is 5.90. The molecule has 102 valence electrons. The van der Waals surface area contributed by atoms with Gasteiger partial charge in [0.05, 0.1) is 12.8 Å². The minimum absolute atomic E-state index is 0.0354. The fourth-order valence-electron chi connectivity index (χ4n) is 2.08. The first-order valence-electron chi connectivity index (χ1n) is 5.98. The number of ether oxygens (including phenoxy) is 1. The molecule has 19 heavy (non-hydrogen) atoms. The van der Waals surface area contributed by atoms with Gasteiger partial charge in [-0.1, -0.05) is 12.1 Å². The van der Waals surface area contributed by atoms with Crippen molar-refractivity contribution < 1.29 is 17.9 Å². The van der Waals surface area contributed by atoms with E-state index in [1.165, 1.54) is 0 Å². The number of fused-ring (bicyclic) bond motifs is 1. The molecule has 0 saturated carbocycles. The SMILES string of the molecule is COc1cccc2ccnc(CCCC(F)(F)F)c12. The molecule has 0 unspecified atom stereocenters. The van der Waals surface area contributed by atoms with Gasteiger partial charge in [0.1, 0.15) is 5.75 Å². The molecule has 1 aromatic carbocycles. The van der Waals surface area contributed by atoms with Crippen LogP contribution in [-0.4, -0.2) is 18.3 Å². The summed E-state index contributed by atoms with van der Waals surface area (Å²) in [6, 6.07) is 7.36. The lowest BCUT2D eigenvalue weighted by molar-refractivity contribution is -0.135. The first-order valence-corrected chi connectivity index (χ1v) is 5.98. The largest absolute Gasteiger partial charge is 0.496 e. The van der Waals surface area contributed by atoms with Crippen LogP contribution in [-0.2, 0) is 6.42 Å². The molecule has 0 radical (unpaired) electrons. The molecule has 2 aromatic rings. The predicted octanol–water partition coefficient (Wildman–Crippen LogP) is 4.13. The fourth-order valence-corrected chi connectivity index (χ4v) is 2.08. The van der Waals surface area contributed by atoms with Gasteiger partial charge < -0.3 is 4.74 Å². The van der Waals surface area contributed by atoms with E-state index >= 15 is 0 Å². The van der Waals surface area contributed by atoms with Crippen LogP contribution in [0.25, 0.3) is 10.8 Å². The normalized spacial score (nSPS) is 11.8. The highest BCUT2D eigenvalue weighted by Crippen LogP contribution is 2.29. The van der Waals surface area contributed by atoms with Gasteiger partial charge in [-0.05, 0) is 30.4 Å². The maximum atomic E-state index is 12.2. The molecule has 0 amide bonds. The second-order valence-electron chi connectivity index (χ2n) is 4.28. The molecule has 0 aliphatic heterocycles. The molecule has 0 atom stereocenters. The Labute approximate surface area is 109 Å². The smallest absolute Gasteiger partial charge is 0.389 e. The second kappa shape index (κ2) is 5.47. The van der Waals surface area contributed by atoms with Crippen LogP contribution in [0.2, 0.25) is 0 Å². The Bertz CT molecular complexity index is 561. The van der Waals surface area contributed by atoms with E-state index in [9.17, 15) is 13.2 Å². The summed E-state index contributed by atoms with van der Waals surface area (Å²) in [6.45, 7) is 0. The van der Waals surface area contributed by atoms with E-state index in [4.69, 9.17) is 4.74 Å². The Kier molecular flexibility index (Phi) is 3.93. The summed E-state index contributed by atoms with van der Waals surface area (Å²) >= 11 is 0. The van der Waals surface area contributed by atoms with Crippen molar-refractivity contribution in [2.24, 2.45) is 0 Å². The predicted molar refractivity (Wildman–Crippen MR) is 67.3 cm³/mol. The van der Waals surface area contributed by atoms with E-state index in [1.54, 1.807) is 19.4 Å². The van der Waals surface area contributed by atoms with E-state index < -0.39 is 12.6 Å². The van der Waals surface area contributed by atoms with Crippen molar-refractivity contribution in [3.05, 3.63) is 36.2 Å². The Morgan fingerprint density at radius 3 is 2.68 bits per heavy atom. The van der Waals surface area contributed by atoms with Crippen LogP contribution >= 0.6 is 0 Å². The van der Waals surface area contributed by atoms with Crippen LogP contribution in [0.1, 0.15) is 18.5 Å². The topological polar surface area (TPSA) is 22.1 Å². The van der Waals surface area contributed by atoms with Gasteiger partial charge >= 0.3 is 6.18 Å². The number of hydrogen-bond donors (Lipinski definition) is 0. The first kappa shape index (κ1) is 13.6. The van der Waals surface area contributed by atoms with Crippen LogP contribution in [0.3, 0.4) is 0 Å². The summed E-state index contributed by atoms with van der Waals surface area (Å²) < 4.78 is 41.8. The zero-order valence-corrected chi connectivity index (χ0v) is 10.5. The average molecular weight is 269 g/mol. The number of halogens is 3. The third kappa shape index (κ3) is 3.36. The summed E-state index contributed by atoms with van der Waals surface area (Å²) in [5, 5.41) is 1.73. The molecule has 0 N–H and O–H groups in total. The molecular weight excluding hydrogens is 255 g/mol. The Hall–Kier alpha value is -1.78. The Morgan fingerprint density at radius 2 is 2.00 bits per heavy atom. The molecule has 1 aromatic heterocycles. The van der Waals surface area contributed by atoms with Gasteiger partial charge in [0.15, 0.2) is 0 Å². The van der Waals surface area contributed by atoms with Gasteiger partial charge in [0.25, 0.3) is 0 Å². The third-order valence-electron chi connectivity index (χ3n) is 2.93. The van der Waals surface area contributed by atoms with Crippen LogP contribution in [0.5, 0.6) is 5.75 Å². The fraction of sp³-hybridized carbons (Fsp3) is 0.357. The Balaban J connectivity index is 2.27. The van der Waals surface area contributed by atoms with Gasteiger partial charge in [-0.25, -0.2) is 0 Å². The zero-order chi connectivity index (χ0) is 13.9. The number of benzene rings is 1. The van der Waals surface area contributed by atoms with Gasteiger partial charge in [0.2, 0.25) is 0 Å². The molecule has 2 rings (SSSR count). The van der Waals surface area contributed by atoms with E-state index in [2.05, 4.69) is 4.98 Å². The third-order valence-corrected chi connectivity index (χ3v) is 2.93. The number of alkyl halides is 3. The molecule has 0 aliphatic carbocycles. The van der Waals surface area contributed by atoms with Crippen molar-refractivity contribution in [2.45, 2.75) is 25.4 Å². The first-order chi connectivity index (χ1) is 9.01. The lowest BCUT2D eigenvalue weighted by atomic mass is 10.0. The lowest BCUT2D eigenvalue weighted by Crippen LogP contribution is -2.07. The van der Waals surface area contributed by atoms with E-state index in [-0.39, 0.29) is 12.8 Å². The highest BCUT2D eigenvalue weighted by atomic mass is 19.4. The standard InChI is InChI=1S/C14H14F3NO/c1-19-12-6-2-4-10-7-9-18-11(13(10)12)5-3-8-14(15,16)17/h2,4,6-7,9H,3,5,8H2,1H3. The van der Waals surface area contributed by atoms with Crippen molar-refractivity contribution in [3.63, 3.8) is 0 Å². The van der Waals surface area contributed by atoms with Gasteiger partial charge in [-0.15, -0.1) is 0 Å². The maximum absolute atomic E-state index is 12.2. The summed E-state index contributed by atoms with van der Waals surface area (Å²) in [7, 11) is 1.54. The summed E-state index contributed by atoms with van der Waals surface area (Å²) in [6.07, 6.45) is -2.97.